The molecule has 1 aliphatic rings. The van der Waals surface area contributed by atoms with Gasteiger partial charge in [-0.05, 0) is 25.0 Å². The fourth-order valence-corrected chi connectivity index (χ4v) is 2.54. The topological polar surface area (TPSA) is 58.6 Å². The van der Waals surface area contributed by atoms with Gasteiger partial charge in [0.1, 0.15) is 0 Å². The summed E-state index contributed by atoms with van der Waals surface area (Å²) in [5.74, 6) is -0.644. The summed E-state index contributed by atoms with van der Waals surface area (Å²) in [5.41, 5.74) is -1.28. The van der Waals surface area contributed by atoms with Crippen LogP contribution >= 0.6 is 0 Å². The second-order valence-corrected chi connectivity index (χ2v) is 5.25. The van der Waals surface area contributed by atoms with E-state index in [1.807, 2.05) is 0 Å². The number of amides is 2. The van der Waals surface area contributed by atoms with E-state index in [2.05, 4.69) is 10.1 Å². The predicted octanol–water partition coefficient (Wildman–Crippen LogP) is 2.67. The molecular formula is C15H17F3N2O3. The largest absolute Gasteiger partial charge is 0.453 e. The molecule has 1 heterocycles. The van der Waals surface area contributed by atoms with E-state index in [1.165, 1.54) is 30.2 Å². The monoisotopic (exact) mass is 330 g/mol. The number of methoxy groups -OCH3 is 1. The Morgan fingerprint density at radius 2 is 1.83 bits per heavy atom. The first-order valence-corrected chi connectivity index (χ1v) is 7.13. The zero-order valence-electron chi connectivity index (χ0n) is 12.5. The van der Waals surface area contributed by atoms with Gasteiger partial charge in [0.2, 0.25) is 0 Å². The fourth-order valence-electron chi connectivity index (χ4n) is 2.54. The lowest BCUT2D eigenvalue weighted by Gasteiger charge is -2.32. The highest BCUT2D eigenvalue weighted by Crippen LogP contribution is 2.32. The molecule has 0 atom stereocenters. The number of alkyl halides is 3. The van der Waals surface area contributed by atoms with E-state index in [1.54, 1.807) is 0 Å². The van der Waals surface area contributed by atoms with Gasteiger partial charge in [0.05, 0.1) is 18.2 Å². The van der Waals surface area contributed by atoms with Crippen molar-refractivity contribution in [1.82, 2.24) is 10.2 Å². The summed E-state index contributed by atoms with van der Waals surface area (Å²) >= 11 is 0. The first-order chi connectivity index (χ1) is 10.8. The molecule has 126 valence electrons. The summed E-state index contributed by atoms with van der Waals surface area (Å²) < 4.78 is 43.5. The highest BCUT2D eigenvalue weighted by molar-refractivity contribution is 5.96. The zero-order chi connectivity index (χ0) is 17.0. The summed E-state index contributed by atoms with van der Waals surface area (Å²) in [5, 5.41) is 2.62. The van der Waals surface area contributed by atoms with Gasteiger partial charge in [-0.15, -0.1) is 0 Å². The Kier molecular flexibility index (Phi) is 5.12. The molecule has 1 aromatic rings. The molecule has 0 unspecified atom stereocenters. The van der Waals surface area contributed by atoms with Crippen LogP contribution in [0.1, 0.15) is 28.8 Å². The van der Waals surface area contributed by atoms with E-state index in [9.17, 15) is 22.8 Å². The van der Waals surface area contributed by atoms with Crippen LogP contribution in [0.25, 0.3) is 0 Å². The quantitative estimate of drug-likeness (QED) is 0.907. The molecule has 0 spiro atoms. The molecule has 8 heteroatoms. The number of hydrogen-bond donors (Lipinski definition) is 1. The van der Waals surface area contributed by atoms with Gasteiger partial charge < -0.3 is 15.0 Å². The van der Waals surface area contributed by atoms with Crippen LogP contribution in [0.4, 0.5) is 18.0 Å². The van der Waals surface area contributed by atoms with Crippen molar-refractivity contribution >= 4 is 12.0 Å². The van der Waals surface area contributed by atoms with Crippen molar-refractivity contribution < 1.29 is 27.5 Å². The van der Waals surface area contributed by atoms with Crippen LogP contribution < -0.4 is 5.32 Å². The molecule has 0 bridgehead atoms. The van der Waals surface area contributed by atoms with E-state index < -0.39 is 23.7 Å². The number of piperidine rings is 1. The second kappa shape index (κ2) is 6.89. The number of carbonyl (C=O) groups is 2. The van der Waals surface area contributed by atoms with E-state index in [4.69, 9.17) is 0 Å². The van der Waals surface area contributed by atoms with E-state index in [0.29, 0.717) is 12.8 Å². The van der Waals surface area contributed by atoms with Crippen LogP contribution in [-0.4, -0.2) is 43.1 Å². The van der Waals surface area contributed by atoms with Crippen LogP contribution in [0.5, 0.6) is 0 Å². The number of nitrogens with one attached hydrogen (secondary N) is 1. The van der Waals surface area contributed by atoms with Crippen molar-refractivity contribution in [3.05, 3.63) is 35.4 Å². The van der Waals surface area contributed by atoms with Crippen LogP contribution in [0, 0.1) is 0 Å². The molecule has 0 radical (unpaired) electrons. The van der Waals surface area contributed by atoms with Crippen molar-refractivity contribution in [3.8, 4) is 0 Å². The van der Waals surface area contributed by atoms with E-state index >= 15 is 0 Å². The van der Waals surface area contributed by atoms with Crippen molar-refractivity contribution in [2.75, 3.05) is 20.2 Å². The number of hydrogen-bond acceptors (Lipinski definition) is 3. The summed E-state index contributed by atoms with van der Waals surface area (Å²) in [6.45, 7) is 0.555. The van der Waals surface area contributed by atoms with Gasteiger partial charge in [0, 0.05) is 19.1 Å². The summed E-state index contributed by atoms with van der Waals surface area (Å²) in [6, 6.07) is 4.60. The van der Waals surface area contributed by atoms with Gasteiger partial charge >= 0.3 is 12.3 Å². The minimum atomic E-state index is -4.57. The lowest BCUT2D eigenvalue weighted by Crippen LogP contribution is -2.46. The Morgan fingerprint density at radius 3 is 2.39 bits per heavy atom. The third kappa shape index (κ3) is 4.14. The maximum atomic E-state index is 13.0. The van der Waals surface area contributed by atoms with Crippen molar-refractivity contribution in [2.24, 2.45) is 0 Å². The standard InChI is InChI=1S/C15H17F3N2O3/c1-23-14(22)19-10-6-8-20(9-7-10)13(21)11-4-2-3-5-12(11)15(16,17)18/h2-5,10H,6-9H2,1H3,(H,19,22). The van der Waals surface area contributed by atoms with E-state index in [-0.39, 0.29) is 24.7 Å². The zero-order valence-corrected chi connectivity index (χ0v) is 12.5. The third-order valence-electron chi connectivity index (χ3n) is 3.75. The summed E-state index contributed by atoms with van der Waals surface area (Å²) in [6.07, 6.45) is -4.20. The number of halogens is 3. The van der Waals surface area contributed by atoms with Crippen LogP contribution in [0.15, 0.2) is 24.3 Å². The molecule has 5 nitrogen and oxygen atoms in total. The Balaban J connectivity index is 2.05. The highest BCUT2D eigenvalue weighted by Gasteiger charge is 2.36. The average molecular weight is 330 g/mol. The molecule has 1 N–H and O–H groups in total. The number of carbonyl (C=O) groups excluding carboxylic acids is 2. The molecule has 2 rings (SSSR count). The summed E-state index contributed by atoms with van der Waals surface area (Å²) in [7, 11) is 1.25. The van der Waals surface area contributed by atoms with Gasteiger partial charge in [-0.3, -0.25) is 4.79 Å². The minimum absolute atomic E-state index is 0.149. The number of alkyl carbamates (subject to hydrolysis) is 1. The van der Waals surface area contributed by atoms with Crippen molar-refractivity contribution in [3.63, 3.8) is 0 Å². The maximum Gasteiger partial charge on any atom is 0.417 e. The Bertz CT molecular complexity index is 582. The Hall–Kier alpha value is -2.25. The van der Waals surface area contributed by atoms with Gasteiger partial charge in [-0.1, -0.05) is 12.1 Å². The molecule has 0 aliphatic carbocycles. The number of benzene rings is 1. The SMILES string of the molecule is COC(=O)NC1CCN(C(=O)c2ccccc2C(F)(F)F)CC1. The van der Waals surface area contributed by atoms with Crippen LogP contribution in [0.3, 0.4) is 0 Å². The molecule has 1 aromatic carbocycles. The normalized spacial score (nSPS) is 16.1. The van der Waals surface area contributed by atoms with Gasteiger partial charge in [0.25, 0.3) is 5.91 Å². The number of nitrogens with zero attached hydrogens (tertiary/aromatic N) is 1. The molecule has 1 fully saturated rings. The Morgan fingerprint density at radius 1 is 1.22 bits per heavy atom. The molecule has 0 aromatic heterocycles. The smallest absolute Gasteiger partial charge is 0.417 e. The van der Waals surface area contributed by atoms with Crippen LogP contribution in [-0.2, 0) is 10.9 Å². The second-order valence-electron chi connectivity index (χ2n) is 5.25. The van der Waals surface area contributed by atoms with E-state index in [0.717, 1.165) is 6.07 Å². The first-order valence-electron chi connectivity index (χ1n) is 7.13. The number of ether oxygens (including phenoxy) is 1. The molecule has 0 saturated carbocycles. The lowest BCUT2D eigenvalue weighted by atomic mass is 10.0. The molecule has 23 heavy (non-hydrogen) atoms. The first kappa shape index (κ1) is 17.1. The minimum Gasteiger partial charge on any atom is -0.453 e. The lowest BCUT2D eigenvalue weighted by molar-refractivity contribution is -0.138. The average Bonchev–Trinajstić information content (AvgIpc) is 2.54. The number of rotatable bonds is 2. The van der Waals surface area contributed by atoms with Gasteiger partial charge in [-0.2, -0.15) is 13.2 Å². The molecular weight excluding hydrogens is 313 g/mol. The highest BCUT2D eigenvalue weighted by atomic mass is 19.4. The van der Waals surface area contributed by atoms with Crippen LogP contribution in [0.2, 0.25) is 0 Å². The predicted molar refractivity (Wildman–Crippen MR) is 75.9 cm³/mol. The van der Waals surface area contributed by atoms with Crippen molar-refractivity contribution in [1.29, 1.82) is 0 Å². The Labute approximate surface area is 131 Å². The molecule has 1 saturated heterocycles. The van der Waals surface area contributed by atoms with Crippen molar-refractivity contribution in [2.45, 2.75) is 25.1 Å². The fraction of sp³-hybridized carbons (Fsp3) is 0.467. The third-order valence-corrected chi connectivity index (χ3v) is 3.75. The van der Waals surface area contributed by atoms with Gasteiger partial charge in [0.15, 0.2) is 0 Å². The van der Waals surface area contributed by atoms with Gasteiger partial charge in [-0.25, -0.2) is 4.79 Å². The number of likely N-dealkylation sites (tertiary alicyclic amines) is 1. The molecule has 2 amide bonds. The molecule has 1 aliphatic heterocycles. The maximum absolute atomic E-state index is 13.0. The summed E-state index contributed by atoms with van der Waals surface area (Å²) in [4.78, 5) is 24.9.